The zero-order valence-electron chi connectivity index (χ0n) is 13.3. The van der Waals surface area contributed by atoms with Gasteiger partial charge in [-0.25, -0.2) is 0 Å². The zero-order chi connectivity index (χ0) is 14.6. The number of thiol groups is 1. The third kappa shape index (κ3) is 8.18. The van der Waals surface area contributed by atoms with Crippen molar-refractivity contribution in [1.82, 2.24) is 4.90 Å². The van der Waals surface area contributed by atoms with E-state index in [9.17, 15) is 0 Å². The Bertz CT molecular complexity index is 189. The Morgan fingerprint density at radius 2 is 1.42 bits per heavy atom. The van der Waals surface area contributed by atoms with Crippen molar-refractivity contribution in [2.75, 3.05) is 52.8 Å². The molecule has 0 saturated heterocycles. The first kappa shape index (κ1) is 19.2. The maximum atomic E-state index is 5.22. The Hall–Kier alpha value is 0.230. The van der Waals surface area contributed by atoms with Crippen LogP contribution in [0.15, 0.2) is 0 Å². The van der Waals surface area contributed by atoms with E-state index in [0.717, 1.165) is 38.6 Å². The van der Waals surface area contributed by atoms with Crippen LogP contribution in [-0.2, 0) is 9.47 Å². The van der Waals surface area contributed by atoms with Gasteiger partial charge in [0, 0.05) is 33.9 Å². The lowest BCUT2D eigenvalue weighted by molar-refractivity contribution is 0.0788. The summed E-state index contributed by atoms with van der Waals surface area (Å²) in [6.07, 6.45) is 4.95. The summed E-state index contributed by atoms with van der Waals surface area (Å²) in [6.45, 7) is 9.15. The van der Waals surface area contributed by atoms with Crippen LogP contribution >= 0.6 is 12.6 Å². The van der Waals surface area contributed by atoms with Crippen LogP contribution in [0.4, 0.5) is 0 Å². The highest BCUT2D eigenvalue weighted by molar-refractivity contribution is 7.80. The molecule has 0 amide bonds. The van der Waals surface area contributed by atoms with E-state index < -0.39 is 0 Å². The number of hydrogen-bond acceptors (Lipinski definition) is 4. The molecular formula is C15H33NO2S. The number of rotatable bonds is 13. The zero-order valence-corrected chi connectivity index (χ0v) is 14.2. The topological polar surface area (TPSA) is 21.7 Å². The Labute approximate surface area is 125 Å². The summed E-state index contributed by atoms with van der Waals surface area (Å²) in [6, 6.07) is 0. The van der Waals surface area contributed by atoms with Crippen LogP contribution in [0.1, 0.15) is 39.5 Å². The lowest BCUT2D eigenvalue weighted by Gasteiger charge is -2.37. The predicted molar refractivity (Wildman–Crippen MR) is 86.3 cm³/mol. The van der Waals surface area contributed by atoms with Crippen LogP contribution in [0.3, 0.4) is 0 Å². The molecule has 0 aliphatic heterocycles. The van der Waals surface area contributed by atoms with Crippen molar-refractivity contribution in [3.63, 3.8) is 0 Å². The van der Waals surface area contributed by atoms with E-state index in [0.29, 0.717) is 5.41 Å². The maximum absolute atomic E-state index is 5.22. The number of ether oxygens (including phenoxy) is 2. The minimum absolute atomic E-state index is 0.341. The second kappa shape index (κ2) is 12.0. The fraction of sp³-hybridized carbons (Fsp3) is 1.00. The average Bonchev–Trinajstić information content (AvgIpc) is 2.42. The molecule has 0 aromatic carbocycles. The molecule has 0 aromatic rings. The first-order chi connectivity index (χ1) is 9.17. The molecule has 0 unspecified atom stereocenters. The molecule has 19 heavy (non-hydrogen) atoms. The maximum Gasteiger partial charge on any atom is 0.0589 e. The van der Waals surface area contributed by atoms with E-state index in [1.807, 2.05) is 0 Å². The van der Waals surface area contributed by atoms with Crippen molar-refractivity contribution in [3.8, 4) is 0 Å². The van der Waals surface area contributed by atoms with Gasteiger partial charge in [0.15, 0.2) is 0 Å². The van der Waals surface area contributed by atoms with Gasteiger partial charge in [-0.1, -0.05) is 26.7 Å². The fourth-order valence-electron chi connectivity index (χ4n) is 2.74. The molecule has 0 atom stereocenters. The van der Waals surface area contributed by atoms with Crippen molar-refractivity contribution in [2.45, 2.75) is 39.5 Å². The molecule has 116 valence electrons. The fourth-order valence-corrected chi connectivity index (χ4v) is 3.15. The van der Waals surface area contributed by atoms with Gasteiger partial charge in [0.05, 0.1) is 13.2 Å². The average molecular weight is 292 g/mol. The molecule has 0 fully saturated rings. The van der Waals surface area contributed by atoms with Gasteiger partial charge in [-0.05, 0) is 24.0 Å². The largest absolute Gasteiger partial charge is 0.383 e. The smallest absolute Gasteiger partial charge is 0.0589 e. The molecule has 0 heterocycles. The molecule has 0 rings (SSSR count). The first-order valence-corrected chi connectivity index (χ1v) is 8.12. The minimum Gasteiger partial charge on any atom is -0.383 e. The highest BCUT2D eigenvalue weighted by Gasteiger charge is 2.29. The highest BCUT2D eigenvalue weighted by Crippen LogP contribution is 2.32. The summed E-state index contributed by atoms with van der Waals surface area (Å²) in [5.74, 6) is 0.963. The van der Waals surface area contributed by atoms with Gasteiger partial charge in [-0.3, -0.25) is 4.90 Å². The lowest BCUT2D eigenvalue weighted by atomic mass is 9.80. The number of hydrogen-bond donors (Lipinski definition) is 1. The third-order valence-electron chi connectivity index (χ3n) is 3.68. The number of nitrogens with zero attached hydrogens (tertiary/aromatic N) is 1. The monoisotopic (exact) mass is 291 g/mol. The van der Waals surface area contributed by atoms with Crippen molar-refractivity contribution < 1.29 is 9.47 Å². The van der Waals surface area contributed by atoms with Gasteiger partial charge >= 0.3 is 0 Å². The van der Waals surface area contributed by atoms with E-state index in [1.54, 1.807) is 14.2 Å². The molecule has 0 aliphatic rings. The Morgan fingerprint density at radius 1 is 0.947 bits per heavy atom. The summed E-state index contributed by atoms with van der Waals surface area (Å²) >= 11 is 4.64. The van der Waals surface area contributed by atoms with Crippen LogP contribution < -0.4 is 0 Å². The molecule has 3 nitrogen and oxygen atoms in total. The summed E-state index contributed by atoms with van der Waals surface area (Å²) in [4.78, 5) is 2.47. The second-order valence-corrected chi connectivity index (χ2v) is 5.74. The third-order valence-corrected chi connectivity index (χ3v) is 4.35. The quantitative estimate of drug-likeness (QED) is 0.527. The van der Waals surface area contributed by atoms with Gasteiger partial charge in [-0.15, -0.1) is 0 Å². The SMILES string of the molecule is CCCC(CS)(CCC)CN(CCOC)CCOC. The van der Waals surface area contributed by atoms with E-state index in [1.165, 1.54) is 25.7 Å². The molecule has 0 N–H and O–H groups in total. The first-order valence-electron chi connectivity index (χ1n) is 7.49. The normalized spacial score (nSPS) is 12.3. The Morgan fingerprint density at radius 3 is 1.74 bits per heavy atom. The van der Waals surface area contributed by atoms with Gasteiger partial charge in [0.1, 0.15) is 0 Å². The van der Waals surface area contributed by atoms with Crippen LogP contribution in [0.25, 0.3) is 0 Å². The lowest BCUT2D eigenvalue weighted by Crippen LogP contribution is -2.42. The minimum atomic E-state index is 0.341. The van der Waals surface area contributed by atoms with Crippen molar-refractivity contribution in [2.24, 2.45) is 5.41 Å². The standard InChI is InChI=1S/C15H33NO2S/c1-5-7-15(14-19,8-6-2)13-16(9-11-17-3)10-12-18-4/h19H,5-14H2,1-4H3. The summed E-state index contributed by atoms with van der Waals surface area (Å²) in [5.41, 5.74) is 0.341. The molecule has 0 aromatic heterocycles. The summed E-state index contributed by atoms with van der Waals surface area (Å²) in [7, 11) is 3.52. The highest BCUT2D eigenvalue weighted by atomic mass is 32.1. The molecule has 0 bridgehead atoms. The summed E-state index contributed by atoms with van der Waals surface area (Å²) < 4.78 is 10.4. The summed E-state index contributed by atoms with van der Waals surface area (Å²) in [5, 5.41) is 0. The van der Waals surface area contributed by atoms with Gasteiger partial charge in [0.2, 0.25) is 0 Å². The molecule has 4 heteroatoms. The van der Waals surface area contributed by atoms with Crippen LogP contribution in [0.2, 0.25) is 0 Å². The van der Waals surface area contributed by atoms with Crippen LogP contribution in [0, 0.1) is 5.41 Å². The van der Waals surface area contributed by atoms with E-state index in [-0.39, 0.29) is 0 Å². The molecule has 0 saturated carbocycles. The number of methoxy groups -OCH3 is 2. The molecule has 0 aliphatic carbocycles. The predicted octanol–water partition coefficient (Wildman–Crippen LogP) is 3.10. The van der Waals surface area contributed by atoms with Crippen LogP contribution in [-0.4, -0.2) is 57.7 Å². The molecular weight excluding hydrogens is 258 g/mol. The molecule has 0 spiro atoms. The van der Waals surface area contributed by atoms with Gasteiger partial charge < -0.3 is 9.47 Å². The Balaban J connectivity index is 4.58. The molecule has 0 radical (unpaired) electrons. The van der Waals surface area contributed by atoms with E-state index in [2.05, 4.69) is 31.4 Å². The van der Waals surface area contributed by atoms with Crippen LogP contribution in [0.5, 0.6) is 0 Å². The van der Waals surface area contributed by atoms with Gasteiger partial charge in [0.25, 0.3) is 0 Å². The van der Waals surface area contributed by atoms with Crippen molar-refractivity contribution >= 4 is 12.6 Å². The Kier molecular flexibility index (Phi) is 12.2. The van der Waals surface area contributed by atoms with Crippen molar-refractivity contribution in [3.05, 3.63) is 0 Å². The van der Waals surface area contributed by atoms with Gasteiger partial charge in [-0.2, -0.15) is 12.6 Å². The van der Waals surface area contributed by atoms with E-state index in [4.69, 9.17) is 9.47 Å². The van der Waals surface area contributed by atoms with Crippen molar-refractivity contribution in [1.29, 1.82) is 0 Å². The van der Waals surface area contributed by atoms with E-state index >= 15 is 0 Å². The second-order valence-electron chi connectivity index (χ2n) is 5.42.